The third kappa shape index (κ3) is 5.02. The molecule has 0 atom stereocenters. The maximum Gasteiger partial charge on any atom is 1.00 e. The smallest absolute Gasteiger partial charge is 0.870 e. The molecule has 0 aromatic heterocycles. The molecule has 0 unspecified atom stereocenters. The molecular weight excluding hydrogens is 246 g/mol. The van der Waals surface area contributed by atoms with Crippen LogP contribution in [0.4, 0.5) is 0 Å². The molecular formula is C14H9Li2O4-. The van der Waals surface area contributed by atoms with E-state index in [4.69, 9.17) is 0 Å². The first-order chi connectivity index (χ1) is 8.20. The summed E-state index contributed by atoms with van der Waals surface area (Å²) in [6.45, 7) is 0. The zero-order valence-electron chi connectivity index (χ0n) is 11.3. The number of carboxylic acids is 1. The standard InChI is InChI=1S/C14H9O3.2Li.H2O/c15-9-10-4-6-11(7-5-10)12-2-1-3-13(8-12)14(16)17;;;/h1-8H,(H,16,17);;;1H2/q-1;2*+1;/p-2. The predicted octanol–water partition coefficient (Wildman–Crippen LogP) is -4.99. The topological polar surface area (TPSA) is 87.2 Å². The molecule has 0 aliphatic heterocycles. The number of rotatable bonds is 3. The maximum absolute atomic E-state index is 10.7. The van der Waals surface area contributed by atoms with E-state index in [-0.39, 0.29) is 48.8 Å². The van der Waals surface area contributed by atoms with Crippen LogP contribution >= 0.6 is 0 Å². The molecule has 0 radical (unpaired) electrons. The molecule has 6 heteroatoms. The van der Waals surface area contributed by atoms with E-state index in [2.05, 4.69) is 0 Å². The second kappa shape index (κ2) is 9.61. The summed E-state index contributed by atoms with van der Waals surface area (Å²) in [6, 6.07) is 13.2. The summed E-state index contributed by atoms with van der Waals surface area (Å²) < 4.78 is 0. The van der Waals surface area contributed by atoms with E-state index in [1.54, 1.807) is 42.7 Å². The third-order valence-corrected chi connectivity index (χ3v) is 2.43. The Morgan fingerprint density at radius 2 is 1.55 bits per heavy atom. The Bertz CT molecular complexity index is 568. The first-order valence-corrected chi connectivity index (χ1v) is 5.01. The minimum absolute atomic E-state index is 0. The van der Waals surface area contributed by atoms with Gasteiger partial charge >= 0.3 is 37.7 Å². The van der Waals surface area contributed by atoms with Crippen molar-refractivity contribution in [3.8, 4) is 11.1 Å². The van der Waals surface area contributed by atoms with Crippen molar-refractivity contribution in [2.45, 2.75) is 0 Å². The molecule has 2 aromatic carbocycles. The van der Waals surface area contributed by atoms with Crippen molar-refractivity contribution in [3.63, 3.8) is 0 Å². The number of hydrogen-bond donors (Lipinski definition) is 0. The van der Waals surface area contributed by atoms with Crippen LogP contribution in [0.5, 0.6) is 0 Å². The summed E-state index contributed by atoms with van der Waals surface area (Å²) in [6.07, 6.45) is 1.78. The van der Waals surface area contributed by atoms with Crippen molar-refractivity contribution in [3.05, 3.63) is 59.7 Å². The van der Waals surface area contributed by atoms with Gasteiger partial charge in [-0.05, 0) is 22.8 Å². The fraction of sp³-hybridized carbons (Fsp3) is 0. The minimum atomic E-state index is -1.20. The molecule has 0 bridgehead atoms. The second-order valence-corrected chi connectivity index (χ2v) is 3.55. The predicted molar refractivity (Wildman–Crippen MR) is 62.9 cm³/mol. The van der Waals surface area contributed by atoms with Crippen LogP contribution in [0.15, 0.2) is 48.5 Å². The Hall–Kier alpha value is -1.27. The van der Waals surface area contributed by atoms with Gasteiger partial charge in [-0.1, -0.05) is 18.2 Å². The quantitative estimate of drug-likeness (QED) is 0.406. The van der Waals surface area contributed by atoms with Gasteiger partial charge in [0.15, 0.2) is 0 Å². The maximum atomic E-state index is 10.7. The first kappa shape index (κ1) is 21.0. The summed E-state index contributed by atoms with van der Waals surface area (Å²) >= 11 is 0. The van der Waals surface area contributed by atoms with Gasteiger partial charge in [0.1, 0.15) is 0 Å². The van der Waals surface area contributed by atoms with Crippen LogP contribution in [-0.2, 0) is 4.79 Å². The molecule has 0 saturated heterocycles. The van der Waals surface area contributed by atoms with Crippen LogP contribution in [0.3, 0.4) is 0 Å². The van der Waals surface area contributed by atoms with E-state index in [1.165, 1.54) is 12.1 Å². The minimum Gasteiger partial charge on any atom is -0.870 e. The Labute approximate surface area is 140 Å². The fourth-order valence-electron chi connectivity index (χ4n) is 1.56. The van der Waals surface area contributed by atoms with Gasteiger partial charge < -0.3 is 20.2 Å². The van der Waals surface area contributed by atoms with Gasteiger partial charge in [0.05, 0.1) is 12.3 Å². The van der Waals surface area contributed by atoms with Crippen molar-refractivity contribution in [2.24, 2.45) is 0 Å². The average Bonchev–Trinajstić information content (AvgIpc) is 2.39. The number of aromatic carboxylic acids is 1. The summed E-state index contributed by atoms with van der Waals surface area (Å²) in [4.78, 5) is 21.1. The van der Waals surface area contributed by atoms with E-state index >= 15 is 0 Å². The van der Waals surface area contributed by atoms with Gasteiger partial charge in [0.25, 0.3) is 0 Å². The van der Waals surface area contributed by atoms with E-state index in [0.717, 1.165) is 11.1 Å². The largest absolute Gasteiger partial charge is 1.00 e. The normalized spacial score (nSPS) is 8.40. The van der Waals surface area contributed by atoms with Crippen LogP contribution in [0.25, 0.3) is 11.1 Å². The van der Waals surface area contributed by atoms with Gasteiger partial charge in [0, 0.05) is 0 Å². The average molecular weight is 255 g/mol. The molecule has 4 nitrogen and oxygen atoms in total. The monoisotopic (exact) mass is 255 g/mol. The van der Waals surface area contributed by atoms with E-state index < -0.39 is 5.97 Å². The van der Waals surface area contributed by atoms with Crippen LogP contribution in [0.2, 0.25) is 0 Å². The van der Waals surface area contributed by atoms with Crippen LogP contribution < -0.4 is 42.8 Å². The second-order valence-electron chi connectivity index (χ2n) is 3.55. The Balaban J connectivity index is 0. The van der Waals surface area contributed by atoms with Crippen LogP contribution in [0, 0.1) is 0 Å². The zero-order chi connectivity index (χ0) is 12.3. The van der Waals surface area contributed by atoms with E-state index in [1.807, 2.05) is 0 Å². The molecule has 0 heterocycles. The number of carboxylic acid groups (broad SMARTS) is 1. The molecule has 0 fully saturated rings. The molecule has 0 aliphatic rings. The van der Waals surface area contributed by atoms with Gasteiger partial charge in [-0.3, -0.25) is 0 Å². The number of benzene rings is 2. The summed E-state index contributed by atoms with van der Waals surface area (Å²) in [5.41, 5.74) is 2.20. The molecule has 92 valence electrons. The van der Waals surface area contributed by atoms with Gasteiger partial charge in [-0.25, -0.2) is 0 Å². The van der Waals surface area contributed by atoms with E-state index in [9.17, 15) is 14.7 Å². The van der Waals surface area contributed by atoms with Crippen molar-refractivity contribution < 1.29 is 57.9 Å². The Morgan fingerprint density at radius 1 is 0.950 bits per heavy atom. The summed E-state index contributed by atoms with van der Waals surface area (Å²) in [5.74, 6) is -1.20. The molecule has 20 heavy (non-hydrogen) atoms. The van der Waals surface area contributed by atoms with Crippen LogP contribution in [-0.4, -0.2) is 17.7 Å². The molecule has 0 aliphatic carbocycles. The molecule has 2 rings (SSSR count). The summed E-state index contributed by atoms with van der Waals surface area (Å²) in [5, 5.41) is 10.7. The van der Waals surface area contributed by atoms with Gasteiger partial charge in [0.2, 0.25) is 0 Å². The number of carbonyl (C=O) groups is 1. The van der Waals surface area contributed by atoms with Crippen molar-refractivity contribution in [2.75, 3.05) is 0 Å². The van der Waals surface area contributed by atoms with Crippen molar-refractivity contribution in [1.82, 2.24) is 0 Å². The van der Waals surface area contributed by atoms with Gasteiger partial charge in [-0.15, -0.1) is 12.1 Å². The number of hydrogen-bond acceptors (Lipinski definition) is 4. The third-order valence-electron chi connectivity index (χ3n) is 2.43. The number of carbonyl (C=O) groups excluding carboxylic acids is 2. The van der Waals surface area contributed by atoms with E-state index in [0.29, 0.717) is 5.56 Å². The summed E-state index contributed by atoms with van der Waals surface area (Å²) in [7, 11) is 0. The molecule has 2 aromatic rings. The Kier molecular flexibility index (Phi) is 10.1. The zero-order valence-corrected chi connectivity index (χ0v) is 11.3. The fourth-order valence-corrected chi connectivity index (χ4v) is 1.56. The molecule has 0 spiro atoms. The first-order valence-electron chi connectivity index (χ1n) is 5.01. The van der Waals surface area contributed by atoms with Crippen molar-refractivity contribution >= 4 is 12.3 Å². The SMILES string of the molecule is O=[C-]c1ccc(-c2cccc(C(=O)[O-])c2)cc1.[Li+].[Li+].[OH-]. The van der Waals surface area contributed by atoms with Crippen LogP contribution in [0.1, 0.15) is 15.9 Å². The molecule has 0 saturated carbocycles. The van der Waals surface area contributed by atoms with Gasteiger partial charge in [-0.2, -0.15) is 17.7 Å². The Morgan fingerprint density at radius 3 is 2.05 bits per heavy atom. The molecule has 1 N–H and O–H groups in total. The van der Waals surface area contributed by atoms with Crippen molar-refractivity contribution in [1.29, 1.82) is 0 Å². The molecule has 0 amide bonds.